The molecule has 0 saturated carbocycles. The van der Waals surface area contributed by atoms with Crippen LogP contribution in [0.3, 0.4) is 0 Å². The van der Waals surface area contributed by atoms with Gasteiger partial charge >= 0.3 is 0 Å². The molecule has 6 heteroatoms. The lowest BCUT2D eigenvalue weighted by Crippen LogP contribution is -2.25. The number of amides is 1. The van der Waals surface area contributed by atoms with Gasteiger partial charge in [0.05, 0.1) is 23.2 Å². The van der Waals surface area contributed by atoms with Crippen LogP contribution in [0, 0.1) is 0 Å². The molecular formula is C14H19N3O3. The van der Waals surface area contributed by atoms with Gasteiger partial charge in [0, 0.05) is 19.2 Å². The number of hydrogen-bond acceptors (Lipinski definition) is 5. The summed E-state index contributed by atoms with van der Waals surface area (Å²) in [4.78, 5) is 11.3. The fourth-order valence-corrected chi connectivity index (χ4v) is 2.54. The third kappa shape index (κ3) is 2.80. The Labute approximate surface area is 117 Å². The second-order valence-corrected chi connectivity index (χ2v) is 5.12. The van der Waals surface area contributed by atoms with Crippen molar-refractivity contribution in [3.8, 4) is 5.75 Å². The van der Waals surface area contributed by atoms with E-state index in [0.717, 1.165) is 38.1 Å². The van der Waals surface area contributed by atoms with Crippen LogP contribution >= 0.6 is 0 Å². The van der Waals surface area contributed by atoms with Gasteiger partial charge in [0.2, 0.25) is 0 Å². The largest absolute Gasteiger partial charge is 0.482 e. The molecule has 1 atom stereocenters. The number of ether oxygens (including phenoxy) is 2. The number of benzene rings is 1. The molecule has 1 aromatic carbocycles. The number of carbonyl (C=O) groups excluding carboxylic acids is 1. The number of nitrogens with two attached hydrogens (primary N) is 1. The lowest BCUT2D eigenvalue weighted by Gasteiger charge is -2.20. The summed E-state index contributed by atoms with van der Waals surface area (Å²) < 4.78 is 10.9. The van der Waals surface area contributed by atoms with Crippen LogP contribution in [-0.2, 0) is 9.53 Å². The van der Waals surface area contributed by atoms with Gasteiger partial charge in [0.1, 0.15) is 5.75 Å². The summed E-state index contributed by atoms with van der Waals surface area (Å²) in [6, 6.07) is 3.56. The van der Waals surface area contributed by atoms with Crippen LogP contribution in [0.4, 0.5) is 17.1 Å². The van der Waals surface area contributed by atoms with Crippen molar-refractivity contribution < 1.29 is 14.3 Å². The Bertz CT molecular complexity index is 513. The van der Waals surface area contributed by atoms with Crippen molar-refractivity contribution in [3.63, 3.8) is 0 Å². The molecule has 0 aliphatic carbocycles. The summed E-state index contributed by atoms with van der Waals surface area (Å²) in [6.07, 6.45) is 3.59. The smallest absolute Gasteiger partial charge is 0.262 e. The minimum absolute atomic E-state index is 0.0399. The normalized spacial score (nSPS) is 21.0. The Hall–Kier alpha value is -1.95. The standard InChI is InChI=1S/C14H19N3O3/c15-10-6-13-12(17-14(18)8-20-13)7-11(10)16-4-3-9-2-1-5-19-9/h6-7,9,16H,1-5,8,15H2,(H,17,18). The lowest BCUT2D eigenvalue weighted by molar-refractivity contribution is -0.118. The van der Waals surface area contributed by atoms with Gasteiger partial charge in [-0.25, -0.2) is 0 Å². The SMILES string of the molecule is Nc1cc2c(cc1NCCC1CCCO1)NC(=O)CO2. The molecule has 1 amide bonds. The fourth-order valence-electron chi connectivity index (χ4n) is 2.54. The van der Waals surface area contributed by atoms with Crippen LogP contribution in [0.25, 0.3) is 0 Å². The lowest BCUT2D eigenvalue weighted by atomic mass is 10.1. The predicted molar refractivity (Wildman–Crippen MR) is 77.1 cm³/mol. The molecule has 6 nitrogen and oxygen atoms in total. The van der Waals surface area contributed by atoms with Gasteiger partial charge in [-0.1, -0.05) is 0 Å². The average molecular weight is 277 g/mol. The molecule has 3 rings (SSSR count). The number of fused-ring (bicyclic) bond motifs is 1. The summed E-state index contributed by atoms with van der Waals surface area (Å²) in [5.74, 6) is 0.472. The molecule has 108 valence electrons. The van der Waals surface area contributed by atoms with E-state index < -0.39 is 0 Å². The highest BCUT2D eigenvalue weighted by Gasteiger charge is 2.18. The Morgan fingerprint density at radius 1 is 1.45 bits per heavy atom. The quantitative estimate of drug-likeness (QED) is 0.728. The molecule has 2 aliphatic heterocycles. The van der Waals surface area contributed by atoms with Crippen molar-refractivity contribution in [1.82, 2.24) is 0 Å². The van der Waals surface area contributed by atoms with Crippen molar-refractivity contribution >= 4 is 23.0 Å². The van der Waals surface area contributed by atoms with Gasteiger partial charge in [-0.2, -0.15) is 0 Å². The minimum atomic E-state index is -0.146. The first kappa shape index (κ1) is 13.1. The Morgan fingerprint density at radius 3 is 3.15 bits per heavy atom. The summed E-state index contributed by atoms with van der Waals surface area (Å²) in [5.41, 5.74) is 8.08. The summed E-state index contributed by atoms with van der Waals surface area (Å²) in [7, 11) is 0. The fraction of sp³-hybridized carbons (Fsp3) is 0.500. The zero-order chi connectivity index (χ0) is 13.9. The molecule has 1 aromatic rings. The summed E-state index contributed by atoms with van der Waals surface area (Å²) in [5, 5.41) is 6.07. The molecule has 1 fully saturated rings. The molecular weight excluding hydrogens is 258 g/mol. The van der Waals surface area contributed by atoms with Gasteiger partial charge in [0.15, 0.2) is 6.61 Å². The average Bonchev–Trinajstić information content (AvgIpc) is 2.93. The minimum Gasteiger partial charge on any atom is -0.482 e. The van der Waals surface area contributed by atoms with E-state index in [2.05, 4.69) is 10.6 Å². The Morgan fingerprint density at radius 2 is 2.35 bits per heavy atom. The van der Waals surface area contributed by atoms with Gasteiger partial charge in [-0.3, -0.25) is 4.79 Å². The Balaban J connectivity index is 1.63. The molecule has 2 heterocycles. The van der Waals surface area contributed by atoms with E-state index >= 15 is 0 Å². The molecule has 2 aliphatic rings. The zero-order valence-electron chi connectivity index (χ0n) is 11.3. The number of anilines is 3. The maximum Gasteiger partial charge on any atom is 0.262 e. The summed E-state index contributed by atoms with van der Waals surface area (Å²) in [6.45, 7) is 1.70. The van der Waals surface area contributed by atoms with Crippen LogP contribution in [0.1, 0.15) is 19.3 Å². The Kier molecular flexibility index (Phi) is 3.64. The van der Waals surface area contributed by atoms with Crippen molar-refractivity contribution in [1.29, 1.82) is 0 Å². The van der Waals surface area contributed by atoms with Crippen LogP contribution < -0.4 is 21.1 Å². The molecule has 0 aromatic heterocycles. The first-order chi connectivity index (χ1) is 9.72. The van der Waals surface area contributed by atoms with E-state index in [1.165, 1.54) is 0 Å². The van der Waals surface area contributed by atoms with E-state index in [-0.39, 0.29) is 12.5 Å². The van der Waals surface area contributed by atoms with Crippen molar-refractivity contribution in [2.24, 2.45) is 0 Å². The van der Waals surface area contributed by atoms with Gasteiger partial charge in [-0.05, 0) is 25.3 Å². The highest BCUT2D eigenvalue weighted by molar-refractivity contribution is 5.97. The van der Waals surface area contributed by atoms with E-state index in [9.17, 15) is 4.79 Å². The monoisotopic (exact) mass is 277 g/mol. The first-order valence-corrected chi connectivity index (χ1v) is 6.94. The third-order valence-electron chi connectivity index (χ3n) is 3.59. The number of rotatable bonds is 4. The van der Waals surface area contributed by atoms with E-state index in [4.69, 9.17) is 15.2 Å². The van der Waals surface area contributed by atoms with Crippen LogP contribution in [0.15, 0.2) is 12.1 Å². The van der Waals surface area contributed by atoms with Crippen LogP contribution in [0.2, 0.25) is 0 Å². The number of carbonyl (C=O) groups is 1. The highest BCUT2D eigenvalue weighted by Crippen LogP contribution is 2.35. The van der Waals surface area contributed by atoms with Gasteiger partial charge < -0.3 is 25.8 Å². The van der Waals surface area contributed by atoms with E-state index in [1.807, 2.05) is 6.07 Å². The molecule has 4 N–H and O–H groups in total. The van der Waals surface area contributed by atoms with Gasteiger partial charge in [0.25, 0.3) is 5.91 Å². The molecule has 0 spiro atoms. The molecule has 20 heavy (non-hydrogen) atoms. The topological polar surface area (TPSA) is 85.6 Å². The van der Waals surface area contributed by atoms with Gasteiger partial charge in [-0.15, -0.1) is 0 Å². The molecule has 0 radical (unpaired) electrons. The third-order valence-corrected chi connectivity index (χ3v) is 3.59. The molecule has 1 unspecified atom stereocenters. The second-order valence-electron chi connectivity index (χ2n) is 5.12. The first-order valence-electron chi connectivity index (χ1n) is 6.94. The number of nitrogens with one attached hydrogen (secondary N) is 2. The molecule has 0 bridgehead atoms. The maximum absolute atomic E-state index is 11.3. The summed E-state index contributed by atoms with van der Waals surface area (Å²) >= 11 is 0. The molecule has 1 saturated heterocycles. The zero-order valence-corrected chi connectivity index (χ0v) is 11.3. The number of hydrogen-bond donors (Lipinski definition) is 3. The van der Waals surface area contributed by atoms with E-state index in [1.54, 1.807) is 6.07 Å². The van der Waals surface area contributed by atoms with Crippen molar-refractivity contribution in [3.05, 3.63) is 12.1 Å². The number of nitrogen functional groups attached to an aromatic ring is 1. The van der Waals surface area contributed by atoms with Crippen molar-refractivity contribution in [2.75, 3.05) is 36.1 Å². The second kappa shape index (κ2) is 5.58. The van der Waals surface area contributed by atoms with Crippen LogP contribution in [0.5, 0.6) is 5.75 Å². The highest BCUT2D eigenvalue weighted by atomic mass is 16.5. The van der Waals surface area contributed by atoms with Crippen molar-refractivity contribution in [2.45, 2.75) is 25.4 Å². The van der Waals surface area contributed by atoms with E-state index in [0.29, 0.717) is 23.2 Å². The van der Waals surface area contributed by atoms with Crippen LogP contribution in [-0.4, -0.2) is 31.8 Å². The maximum atomic E-state index is 11.3. The predicted octanol–water partition coefficient (Wildman–Crippen LogP) is 1.58.